The molecule has 54 valence electrons. The summed E-state index contributed by atoms with van der Waals surface area (Å²) in [5, 5.41) is 0. The molecular weight excluding hydrogens is 255 g/mol. The molecule has 0 rings (SSSR count). The minimum Gasteiger partial charge on any atom is -0.467 e. The zero-order valence-electron chi connectivity index (χ0n) is 5.09. The van der Waals surface area contributed by atoms with Crippen LogP contribution in [0.5, 0.6) is 0 Å². The Morgan fingerprint density at radius 2 is 2.33 bits per heavy atom. The topological polar surface area (TPSA) is 35.5 Å². The van der Waals surface area contributed by atoms with Crippen LogP contribution in [-0.2, 0) is 13.7 Å². The summed E-state index contributed by atoms with van der Waals surface area (Å²) in [5.74, 6) is -0.348. The minimum atomic E-state index is -0.475. The average Bonchev–Trinajstić information content (AvgIpc) is 1.87. The minimum absolute atomic E-state index is 0.348. The van der Waals surface area contributed by atoms with Gasteiger partial charge in [-0.25, -0.2) is 4.79 Å². The first kappa shape index (κ1) is 9.51. The Hall–Kier alpha value is 0.510. The molecule has 0 bridgehead atoms. The fourth-order valence-corrected chi connectivity index (χ4v) is 1.38. The quantitative estimate of drug-likeness (QED) is 0.439. The van der Waals surface area contributed by atoms with Crippen LogP contribution in [0.3, 0.4) is 0 Å². The van der Waals surface area contributed by atoms with Crippen molar-refractivity contribution >= 4 is 36.4 Å². The molecule has 0 fully saturated rings. The van der Waals surface area contributed by atoms with E-state index in [-0.39, 0.29) is 5.97 Å². The van der Waals surface area contributed by atoms with Crippen molar-refractivity contribution in [2.24, 2.45) is 0 Å². The third-order valence-electron chi connectivity index (χ3n) is 0.714. The second kappa shape index (κ2) is 5.31. The first-order chi connectivity index (χ1) is 4.22. The Morgan fingerprint density at radius 3 is 2.67 bits per heavy atom. The van der Waals surface area contributed by atoms with Gasteiger partial charge in [-0.15, -0.1) is 0 Å². The number of hydrogen-bond acceptors (Lipinski definition) is 4. The van der Waals surface area contributed by atoms with Gasteiger partial charge in [-0.05, 0) is 6.92 Å². The number of carbonyl (C=O) groups is 1. The number of carbonyl (C=O) groups excluding carboxylic acids is 1. The molecule has 0 radical (unpaired) electrons. The highest BCUT2D eigenvalue weighted by Crippen LogP contribution is 2.15. The molecular formula is C4H7IO3S. The molecule has 5 heteroatoms. The van der Waals surface area contributed by atoms with E-state index in [1.54, 1.807) is 6.92 Å². The molecule has 0 aliphatic rings. The summed E-state index contributed by atoms with van der Waals surface area (Å²) in [6.07, 6.45) is -0.475. The van der Waals surface area contributed by atoms with Crippen molar-refractivity contribution in [2.75, 3.05) is 7.11 Å². The fraction of sp³-hybridized carbons (Fsp3) is 0.750. The van der Waals surface area contributed by atoms with Crippen LogP contribution in [0.4, 0.5) is 0 Å². The van der Waals surface area contributed by atoms with Gasteiger partial charge in [0.15, 0.2) is 6.10 Å². The van der Waals surface area contributed by atoms with E-state index < -0.39 is 6.10 Å². The Kier molecular flexibility index (Phi) is 5.61. The van der Waals surface area contributed by atoms with E-state index in [0.717, 1.165) is 9.21 Å². The lowest BCUT2D eigenvalue weighted by atomic mass is 10.4. The Morgan fingerprint density at radius 1 is 1.78 bits per heavy atom. The third kappa shape index (κ3) is 3.99. The SMILES string of the molecule is COC(=O)[C@@H](C)OSI. The van der Waals surface area contributed by atoms with E-state index in [0.29, 0.717) is 0 Å². The lowest BCUT2D eigenvalue weighted by Gasteiger charge is -2.04. The van der Waals surface area contributed by atoms with Gasteiger partial charge in [0, 0.05) is 21.2 Å². The number of methoxy groups -OCH3 is 1. The highest BCUT2D eigenvalue weighted by atomic mass is 127. The molecule has 0 spiro atoms. The lowest BCUT2D eigenvalue weighted by Crippen LogP contribution is -2.18. The Bertz CT molecular complexity index is 97.8. The van der Waals surface area contributed by atoms with Crippen molar-refractivity contribution in [1.29, 1.82) is 0 Å². The molecule has 0 heterocycles. The molecule has 0 aliphatic heterocycles. The Labute approximate surface area is 70.3 Å². The maximum atomic E-state index is 10.5. The van der Waals surface area contributed by atoms with E-state index in [1.165, 1.54) is 7.11 Å². The molecule has 0 aromatic heterocycles. The second-order valence-electron chi connectivity index (χ2n) is 1.32. The molecule has 9 heavy (non-hydrogen) atoms. The molecule has 0 saturated heterocycles. The monoisotopic (exact) mass is 262 g/mol. The standard InChI is InChI=1S/C4H7IO3S/c1-3(8-9-5)4(6)7-2/h3H,1-2H3/t3-/m1/s1. The molecule has 0 amide bonds. The van der Waals surface area contributed by atoms with Crippen LogP contribution in [0.25, 0.3) is 0 Å². The van der Waals surface area contributed by atoms with Crippen LogP contribution in [0.15, 0.2) is 0 Å². The van der Waals surface area contributed by atoms with Crippen molar-refractivity contribution in [3.8, 4) is 0 Å². The first-order valence-corrected chi connectivity index (χ1v) is 5.52. The van der Waals surface area contributed by atoms with E-state index in [9.17, 15) is 4.79 Å². The highest BCUT2D eigenvalue weighted by molar-refractivity contribution is 14.2. The molecule has 3 nitrogen and oxygen atoms in total. The van der Waals surface area contributed by atoms with Crippen LogP contribution in [0.1, 0.15) is 6.92 Å². The normalized spacial score (nSPS) is 12.8. The number of rotatable bonds is 3. The fourth-order valence-electron chi connectivity index (χ4n) is 0.260. The largest absolute Gasteiger partial charge is 0.467 e. The van der Waals surface area contributed by atoms with Crippen LogP contribution in [0, 0.1) is 0 Å². The van der Waals surface area contributed by atoms with Crippen molar-refractivity contribution in [2.45, 2.75) is 13.0 Å². The Balaban J connectivity index is 3.45. The average molecular weight is 262 g/mol. The van der Waals surface area contributed by atoms with Gasteiger partial charge in [-0.3, -0.25) is 4.18 Å². The van der Waals surface area contributed by atoms with E-state index >= 15 is 0 Å². The van der Waals surface area contributed by atoms with Gasteiger partial charge >= 0.3 is 5.97 Å². The smallest absolute Gasteiger partial charge is 0.336 e. The molecule has 0 unspecified atom stereocenters. The number of hydrogen-bond donors (Lipinski definition) is 0. The van der Waals surface area contributed by atoms with Crippen LogP contribution in [-0.4, -0.2) is 19.2 Å². The summed E-state index contributed by atoms with van der Waals surface area (Å²) in [7, 11) is 2.46. The van der Waals surface area contributed by atoms with Gasteiger partial charge in [0.1, 0.15) is 0 Å². The molecule has 0 aliphatic carbocycles. The van der Waals surface area contributed by atoms with Crippen LogP contribution < -0.4 is 0 Å². The van der Waals surface area contributed by atoms with E-state index in [1.807, 2.05) is 21.2 Å². The summed E-state index contributed by atoms with van der Waals surface area (Å²) < 4.78 is 9.21. The van der Waals surface area contributed by atoms with Gasteiger partial charge in [-0.2, -0.15) is 0 Å². The van der Waals surface area contributed by atoms with Crippen LogP contribution in [0.2, 0.25) is 0 Å². The van der Waals surface area contributed by atoms with Crippen molar-refractivity contribution in [3.63, 3.8) is 0 Å². The van der Waals surface area contributed by atoms with Gasteiger partial charge in [-0.1, -0.05) is 0 Å². The summed E-state index contributed by atoms with van der Waals surface area (Å²) in [6, 6.07) is 0. The van der Waals surface area contributed by atoms with Gasteiger partial charge in [0.05, 0.1) is 16.3 Å². The van der Waals surface area contributed by atoms with Gasteiger partial charge in [0.2, 0.25) is 0 Å². The maximum absolute atomic E-state index is 10.5. The zero-order valence-corrected chi connectivity index (χ0v) is 8.06. The molecule has 0 saturated carbocycles. The van der Waals surface area contributed by atoms with E-state index in [2.05, 4.69) is 4.74 Å². The summed E-state index contributed by atoms with van der Waals surface area (Å²) in [6.45, 7) is 1.64. The van der Waals surface area contributed by atoms with Gasteiger partial charge < -0.3 is 4.74 Å². The van der Waals surface area contributed by atoms with Crippen molar-refractivity contribution in [1.82, 2.24) is 0 Å². The highest BCUT2D eigenvalue weighted by Gasteiger charge is 2.12. The molecule has 0 aromatic rings. The van der Waals surface area contributed by atoms with Gasteiger partial charge in [0.25, 0.3) is 0 Å². The molecule has 0 aromatic carbocycles. The van der Waals surface area contributed by atoms with E-state index in [4.69, 9.17) is 4.18 Å². The van der Waals surface area contributed by atoms with Crippen LogP contribution >= 0.6 is 30.4 Å². The first-order valence-electron chi connectivity index (χ1n) is 2.24. The maximum Gasteiger partial charge on any atom is 0.336 e. The summed E-state index contributed by atoms with van der Waals surface area (Å²) in [4.78, 5) is 10.5. The third-order valence-corrected chi connectivity index (χ3v) is 1.70. The van der Waals surface area contributed by atoms with Crippen molar-refractivity contribution in [3.05, 3.63) is 0 Å². The second-order valence-corrected chi connectivity index (χ2v) is 2.72. The predicted octanol–water partition coefficient (Wildman–Crippen LogP) is 1.56. The number of esters is 1. The molecule has 1 atom stereocenters. The van der Waals surface area contributed by atoms with Crippen molar-refractivity contribution < 1.29 is 13.7 Å². The summed E-state index contributed by atoms with van der Waals surface area (Å²) in [5.41, 5.74) is 0. The number of halogens is 1. The molecule has 0 N–H and O–H groups in total. The summed E-state index contributed by atoms with van der Waals surface area (Å²) >= 11 is 1.94. The zero-order chi connectivity index (χ0) is 7.28. The predicted molar refractivity (Wildman–Crippen MR) is 44.2 cm³/mol. The number of ether oxygens (including phenoxy) is 1. The lowest BCUT2D eigenvalue weighted by molar-refractivity contribution is -0.147.